The average molecular weight is 440 g/mol. The van der Waals surface area contributed by atoms with Crippen LogP contribution in [0.3, 0.4) is 0 Å². The predicted octanol–water partition coefficient (Wildman–Crippen LogP) is 5.91. The highest BCUT2D eigenvalue weighted by molar-refractivity contribution is 6.36. The second-order valence-electron chi connectivity index (χ2n) is 7.56. The molecule has 3 aromatic carbocycles. The molecule has 0 saturated heterocycles. The highest BCUT2D eigenvalue weighted by atomic mass is 35.5. The van der Waals surface area contributed by atoms with Crippen LogP contribution in [0.5, 0.6) is 0 Å². The summed E-state index contributed by atoms with van der Waals surface area (Å²) in [7, 11) is 1.86. The molecular weight excluding hydrogens is 422 g/mol. The van der Waals surface area contributed by atoms with Crippen molar-refractivity contribution >= 4 is 38.8 Å². The molecule has 7 heteroatoms. The van der Waals surface area contributed by atoms with Gasteiger partial charge in [0.1, 0.15) is 0 Å². The first-order valence-electron chi connectivity index (χ1n) is 10.2. The van der Waals surface area contributed by atoms with Crippen LogP contribution in [-0.2, 0) is 13.5 Å². The molecule has 32 heavy (non-hydrogen) atoms. The van der Waals surface area contributed by atoms with Gasteiger partial charge in [0, 0.05) is 23.6 Å². The Balaban J connectivity index is 1.82. The summed E-state index contributed by atoms with van der Waals surface area (Å²) in [6.07, 6.45) is 2.42. The molecule has 5 rings (SSSR count). The SMILES string of the molecule is [C-]#[N+]c1c(-c2c(-c3cc(Cl)c4c(=O)[nH]nc(CC)c4c3)cnn2C)ccc2ccccc12. The van der Waals surface area contributed by atoms with Crippen LogP contribution in [0.25, 0.3) is 48.8 Å². The van der Waals surface area contributed by atoms with Gasteiger partial charge in [-0.1, -0.05) is 54.9 Å². The van der Waals surface area contributed by atoms with Gasteiger partial charge in [0.2, 0.25) is 5.69 Å². The van der Waals surface area contributed by atoms with Gasteiger partial charge in [-0.25, -0.2) is 9.94 Å². The van der Waals surface area contributed by atoms with Crippen LogP contribution in [0.1, 0.15) is 12.6 Å². The number of aromatic nitrogens is 4. The zero-order chi connectivity index (χ0) is 22.4. The summed E-state index contributed by atoms with van der Waals surface area (Å²) in [5.74, 6) is 0. The Bertz CT molecular complexity index is 1620. The van der Waals surface area contributed by atoms with E-state index in [0.29, 0.717) is 22.5 Å². The van der Waals surface area contributed by atoms with Gasteiger partial charge in [0.25, 0.3) is 5.56 Å². The molecule has 0 unspecified atom stereocenters. The van der Waals surface area contributed by atoms with Gasteiger partial charge < -0.3 is 0 Å². The minimum Gasteiger partial charge on any atom is -0.269 e. The molecule has 0 atom stereocenters. The number of nitrogens with zero attached hydrogens (tertiary/aromatic N) is 4. The number of H-pyrrole nitrogens is 1. The molecule has 156 valence electrons. The lowest BCUT2D eigenvalue weighted by molar-refractivity contribution is 0.776. The first-order valence-corrected chi connectivity index (χ1v) is 10.5. The van der Waals surface area contributed by atoms with Crippen LogP contribution in [0.2, 0.25) is 5.02 Å². The van der Waals surface area contributed by atoms with Gasteiger partial charge in [0.15, 0.2) is 0 Å². The number of halogens is 1. The van der Waals surface area contributed by atoms with Gasteiger partial charge in [-0.2, -0.15) is 10.2 Å². The molecule has 0 aliphatic rings. The molecule has 1 N–H and O–H groups in total. The van der Waals surface area contributed by atoms with Crippen LogP contribution >= 0.6 is 11.6 Å². The normalized spacial score (nSPS) is 11.2. The third-order valence-electron chi connectivity index (χ3n) is 5.77. The van der Waals surface area contributed by atoms with Crippen molar-refractivity contribution in [1.29, 1.82) is 0 Å². The van der Waals surface area contributed by atoms with Crippen LogP contribution in [-0.4, -0.2) is 20.0 Å². The van der Waals surface area contributed by atoms with Crippen LogP contribution in [0.15, 0.2) is 59.5 Å². The first kappa shape index (κ1) is 20.0. The number of benzene rings is 3. The van der Waals surface area contributed by atoms with Crippen molar-refractivity contribution in [1.82, 2.24) is 20.0 Å². The average Bonchev–Trinajstić information content (AvgIpc) is 3.19. The summed E-state index contributed by atoms with van der Waals surface area (Å²) in [6, 6.07) is 15.5. The Morgan fingerprint density at radius 2 is 1.94 bits per heavy atom. The van der Waals surface area contributed by atoms with Crippen molar-refractivity contribution in [2.45, 2.75) is 13.3 Å². The maximum Gasteiger partial charge on any atom is 0.273 e. The second kappa shape index (κ2) is 7.63. The lowest BCUT2D eigenvalue weighted by Crippen LogP contribution is -2.11. The number of nitrogens with one attached hydrogen (secondary N) is 1. The lowest BCUT2D eigenvalue weighted by atomic mass is 9.95. The van der Waals surface area contributed by atoms with E-state index in [1.807, 2.05) is 56.4 Å². The molecule has 0 aliphatic heterocycles. The van der Waals surface area contributed by atoms with Crippen molar-refractivity contribution < 1.29 is 0 Å². The maximum atomic E-state index is 12.4. The van der Waals surface area contributed by atoms with Crippen molar-refractivity contribution in [3.8, 4) is 22.4 Å². The first-order chi connectivity index (χ1) is 15.5. The zero-order valence-corrected chi connectivity index (χ0v) is 18.2. The summed E-state index contributed by atoms with van der Waals surface area (Å²) in [4.78, 5) is 16.2. The third kappa shape index (κ3) is 2.98. The molecule has 0 amide bonds. The molecule has 6 nitrogen and oxygen atoms in total. The van der Waals surface area contributed by atoms with Gasteiger partial charge in [-0.05, 0) is 34.9 Å². The summed E-state index contributed by atoms with van der Waals surface area (Å²) >= 11 is 6.56. The fourth-order valence-corrected chi connectivity index (χ4v) is 4.56. The Morgan fingerprint density at radius 1 is 1.12 bits per heavy atom. The second-order valence-corrected chi connectivity index (χ2v) is 7.97. The van der Waals surface area contributed by atoms with Crippen LogP contribution < -0.4 is 5.56 Å². The van der Waals surface area contributed by atoms with Gasteiger partial charge in [-0.15, -0.1) is 0 Å². The summed E-state index contributed by atoms with van der Waals surface area (Å²) < 4.78 is 1.77. The fraction of sp³-hybridized carbons (Fsp3) is 0.120. The Kier molecular flexibility index (Phi) is 4.76. The van der Waals surface area contributed by atoms with Crippen molar-refractivity contribution in [3.63, 3.8) is 0 Å². The molecule has 0 radical (unpaired) electrons. The van der Waals surface area contributed by atoms with E-state index in [2.05, 4.69) is 20.1 Å². The highest BCUT2D eigenvalue weighted by Gasteiger charge is 2.20. The van der Waals surface area contributed by atoms with Crippen molar-refractivity contribution in [2.75, 3.05) is 0 Å². The number of hydrogen-bond acceptors (Lipinski definition) is 3. The van der Waals surface area contributed by atoms with Crippen molar-refractivity contribution in [3.05, 3.63) is 87.2 Å². The molecule has 0 bridgehead atoms. The Labute approximate surface area is 188 Å². The standard InChI is InChI=1S/C25H18ClN5O/c1-4-21-18-11-15(12-20(26)22(18)25(32)30-29-21)19-13-28-31(3)24(19)17-10-9-14-7-5-6-8-16(14)23(17)27-2/h5-13H,4H2,1,3H3,(H,30,32). The van der Waals surface area contributed by atoms with E-state index in [-0.39, 0.29) is 5.56 Å². The van der Waals surface area contributed by atoms with E-state index in [1.165, 1.54) is 0 Å². The van der Waals surface area contributed by atoms with Crippen LogP contribution in [0.4, 0.5) is 5.69 Å². The molecule has 5 aromatic rings. The quantitative estimate of drug-likeness (QED) is 0.355. The molecule has 0 spiro atoms. The van der Waals surface area contributed by atoms with E-state index < -0.39 is 0 Å². The van der Waals surface area contributed by atoms with Gasteiger partial charge in [0.05, 0.1) is 34.6 Å². The number of aromatic amines is 1. The summed E-state index contributed by atoms with van der Waals surface area (Å²) in [6.45, 7) is 9.84. The van der Waals surface area contributed by atoms with Gasteiger partial charge in [-0.3, -0.25) is 9.48 Å². The summed E-state index contributed by atoms with van der Waals surface area (Å²) in [5, 5.41) is 14.6. The zero-order valence-electron chi connectivity index (χ0n) is 17.5. The molecule has 0 saturated carbocycles. The number of rotatable bonds is 3. The maximum absolute atomic E-state index is 12.4. The lowest BCUT2D eigenvalue weighted by Gasteiger charge is -2.13. The summed E-state index contributed by atoms with van der Waals surface area (Å²) in [5.41, 5.74) is 4.28. The highest BCUT2D eigenvalue weighted by Crippen LogP contribution is 2.42. The molecule has 0 fully saturated rings. The Morgan fingerprint density at radius 3 is 2.72 bits per heavy atom. The minimum absolute atomic E-state index is 0.315. The fourth-order valence-electron chi connectivity index (χ4n) is 4.26. The van der Waals surface area contributed by atoms with Gasteiger partial charge >= 0.3 is 0 Å². The topological polar surface area (TPSA) is 67.9 Å². The van der Waals surface area contributed by atoms with E-state index in [4.69, 9.17) is 18.2 Å². The van der Waals surface area contributed by atoms with Crippen molar-refractivity contribution in [2.24, 2.45) is 7.05 Å². The molecule has 2 heterocycles. The molecule has 0 aliphatic carbocycles. The Hall–Kier alpha value is -3.95. The van der Waals surface area contributed by atoms with E-state index in [9.17, 15) is 4.79 Å². The number of hydrogen-bond donors (Lipinski definition) is 1. The number of fused-ring (bicyclic) bond motifs is 2. The third-order valence-corrected chi connectivity index (χ3v) is 6.07. The van der Waals surface area contributed by atoms with Crippen LogP contribution in [0, 0.1) is 6.57 Å². The monoisotopic (exact) mass is 439 g/mol. The minimum atomic E-state index is -0.315. The van der Waals surface area contributed by atoms with E-state index >= 15 is 0 Å². The smallest absolute Gasteiger partial charge is 0.269 e. The predicted molar refractivity (Wildman–Crippen MR) is 128 cm³/mol. The molecule has 2 aromatic heterocycles. The molecular formula is C25H18ClN5O. The van der Waals surface area contributed by atoms with E-state index in [0.717, 1.165) is 44.2 Å². The number of aryl methyl sites for hydroxylation is 2. The van der Waals surface area contributed by atoms with E-state index in [1.54, 1.807) is 16.9 Å². The largest absolute Gasteiger partial charge is 0.273 e.